The molecule has 1 aliphatic carbocycles. The molecule has 1 aliphatic rings. The average molecular weight is 200 g/mol. The molecule has 0 saturated heterocycles. The zero-order valence-corrected chi connectivity index (χ0v) is 9.34. The Labute approximate surface area is 90.8 Å². The van der Waals surface area contributed by atoms with E-state index < -0.39 is 0 Å². The fourth-order valence-electron chi connectivity index (χ4n) is 2.47. The molecule has 1 aromatic rings. The summed E-state index contributed by atoms with van der Waals surface area (Å²) in [6.45, 7) is 7.64. The molecule has 0 spiro atoms. The van der Waals surface area contributed by atoms with Crippen molar-refractivity contribution in [3.63, 3.8) is 0 Å². The summed E-state index contributed by atoms with van der Waals surface area (Å²) < 4.78 is 0. The van der Waals surface area contributed by atoms with Gasteiger partial charge in [0.1, 0.15) is 5.78 Å². The highest BCUT2D eigenvalue weighted by molar-refractivity contribution is 5.87. The Bertz CT molecular complexity index is 388. The van der Waals surface area contributed by atoms with Gasteiger partial charge >= 0.3 is 0 Å². The number of benzene rings is 1. The van der Waals surface area contributed by atoms with E-state index in [2.05, 4.69) is 18.7 Å². The molecule has 0 bridgehead atoms. The van der Waals surface area contributed by atoms with Crippen LogP contribution in [-0.4, -0.2) is 5.78 Å². The SMILES string of the molecule is C=C(C)C1(C(C)=O)Cc2ccccc2C1. The monoisotopic (exact) mass is 200 g/mol. The first-order valence-corrected chi connectivity index (χ1v) is 5.30. The van der Waals surface area contributed by atoms with Crippen LogP contribution in [0.4, 0.5) is 0 Å². The first-order chi connectivity index (χ1) is 7.06. The number of carbonyl (C=O) groups is 1. The summed E-state index contributed by atoms with van der Waals surface area (Å²) >= 11 is 0. The van der Waals surface area contributed by atoms with Crippen LogP contribution in [0.1, 0.15) is 25.0 Å². The predicted molar refractivity (Wildman–Crippen MR) is 61.8 cm³/mol. The van der Waals surface area contributed by atoms with E-state index in [0.29, 0.717) is 0 Å². The van der Waals surface area contributed by atoms with Gasteiger partial charge < -0.3 is 0 Å². The Morgan fingerprint density at radius 3 is 2.00 bits per heavy atom. The number of hydrogen-bond donors (Lipinski definition) is 0. The molecule has 0 N–H and O–H groups in total. The minimum Gasteiger partial charge on any atom is -0.299 e. The second-order valence-electron chi connectivity index (χ2n) is 4.54. The maximum atomic E-state index is 11.8. The third-order valence-electron chi connectivity index (χ3n) is 3.59. The Balaban J connectivity index is 2.45. The largest absolute Gasteiger partial charge is 0.299 e. The van der Waals surface area contributed by atoms with Crippen molar-refractivity contribution in [1.29, 1.82) is 0 Å². The van der Waals surface area contributed by atoms with Crippen molar-refractivity contribution in [1.82, 2.24) is 0 Å². The van der Waals surface area contributed by atoms with Gasteiger partial charge in [-0.3, -0.25) is 4.79 Å². The molecule has 78 valence electrons. The summed E-state index contributed by atoms with van der Waals surface area (Å²) in [5, 5.41) is 0. The van der Waals surface area contributed by atoms with Gasteiger partial charge in [0.25, 0.3) is 0 Å². The number of allylic oxidation sites excluding steroid dienone is 1. The van der Waals surface area contributed by atoms with Gasteiger partial charge in [-0.1, -0.05) is 36.4 Å². The van der Waals surface area contributed by atoms with Gasteiger partial charge in [0.15, 0.2) is 0 Å². The average Bonchev–Trinajstić information content (AvgIpc) is 2.57. The van der Waals surface area contributed by atoms with E-state index in [-0.39, 0.29) is 11.2 Å². The Morgan fingerprint density at radius 1 is 1.20 bits per heavy atom. The first-order valence-electron chi connectivity index (χ1n) is 5.30. The number of rotatable bonds is 2. The van der Waals surface area contributed by atoms with Crippen molar-refractivity contribution in [3.05, 3.63) is 47.5 Å². The van der Waals surface area contributed by atoms with E-state index >= 15 is 0 Å². The van der Waals surface area contributed by atoms with Gasteiger partial charge in [0.2, 0.25) is 0 Å². The summed E-state index contributed by atoms with van der Waals surface area (Å²) in [4.78, 5) is 11.8. The summed E-state index contributed by atoms with van der Waals surface area (Å²) in [7, 11) is 0. The highest BCUT2D eigenvalue weighted by atomic mass is 16.1. The molecule has 0 aromatic heterocycles. The Kier molecular flexibility index (Phi) is 2.26. The van der Waals surface area contributed by atoms with E-state index in [1.807, 2.05) is 19.1 Å². The van der Waals surface area contributed by atoms with Crippen LogP contribution in [0.2, 0.25) is 0 Å². The lowest BCUT2D eigenvalue weighted by Crippen LogP contribution is -2.30. The van der Waals surface area contributed by atoms with Crippen LogP contribution < -0.4 is 0 Å². The summed E-state index contributed by atoms with van der Waals surface area (Å²) in [5.41, 5.74) is 3.27. The maximum absolute atomic E-state index is 11.8. The molecular formula is C14H16O. The lowest BCUT2D eigenvalue weighted by atomic mass is 9.75. The number of fused-ring (bicyclic) bond motifs is 1. The second kappa shape index (κ2) is 3.34. The third-order valence-corrected chi connectivity index (χ3v) is 3.59. The molecule has 0 aliphatic heterocycles. The van der Waals surface area contributed by atoms with Crippen LogP contribution in [0.5, 0.6) is 0 Å². The zero-order chi connectivity index (χ0) is 11.1. The Morgan fingerprint density at radius 2 is 1.67 bits per heavy atom. The predicted octanol–water partition coefficient (Wildman–Crippen LogP) is 2.94. The molecule has 2 rings (SSSR count). The van der Waals surface area contributed by atoms with Crippen molar-refractivity contribution < 1.29 is 4.79 Å². The van der Waals surface area contributed by atoms with Gasteiger partial charge in [0.05, 0.1) is 5.41 Å². The van der Waals surface area contributed by atoms with Gasteiger partial charge in [-0.2, -0.15) is 0 Å². The molecule has 15 heavy (non-hydrogen) atoms. The number of hydrogen-bond acceptors (Lipinski definition) is 1. The first kappa shape index (κ1) is 10.2. The van der Waals surface area contributed by atoms with Crippen LogP contribution in [0.3, 0.4) is 0 Å². The third kappa shape index (κ3) is 1.43. The van der Waals surface area contributed by atoms with E-state index in [1.54, 1.807) is 6.92 Å². The van der Waals surface area contributed by atoms with Crippen LogP contribution in [0.15, 0.2) is 36.4 Å². The molecule has 0 unspecified atom stereocenters. The highest BCUT2D eigenvalue weighted by Crippen LogP contribution is 2.42. The number of carbonyl (C=O) groups excluding carboxylic acids is 1. The van der Waals surface area contributed by atoms with Crippen molar-refractivity contribution in [3.8, 4) is 0 Å². The van der Waals surface area contributed by atoms with Crippen molar-refractivity contribution in [2.45, 2.75) is 26.7 Å². The van der Waals surface area contributed by atoms with Gasteiger partial charge in [-0.25, -0.2) is 0 Å². The second-order valence-corrected chi connectivity index (χ2v) is 4.54. The van der Waals surface area contributed by atoms with E-state index in [9.17, 15) is 4.79 Å². The van der Waals surface area contributed by atoms with Gasteiger partial charge in [-0.05, 0) is 37.8 Å². The van der Waals surface area contributed by atoms with E-state index in [4.69, 9.17) is 0 Å². The lowest BCUT2D eigenvalue weighted by molar-refractivity contribution is -0.124. The van der Waals surface area contributed by atoms with Crippen molar-refractivity contribution >= 4 is 5.78 Å². The smallest absolute Gasteiger partial charge is 0.140 e. The minimum atomic E-state index is -0.330. The van der Waals surface area contributed by atoms with Gasteiger partial charge in [-0.15, -0.1) is 0 Å². The molecule has 0 saturated carbocycles. The molecule has 0 radical (unpaired) electrons. The van der Waals surface area contributed by atoms with E-state index in [1.165, 1.54) is 11.1 Å². The molecular weight excluding hydrogens is 184 g/mol. The topological polar surface area (TPSA) is 17.1 Å². The quantitative estimate of drug-likeness (QED) is 0.671. The maximum Gasteiger partial charge on any atom is 0.140 e. The fraction of sp³-hybridized carbons (Fsp3) is 0.357. The van der Waals surface area contributed by atoms with Crippen LogP contribution in [0, 0.1) is 5.41 Å². The minimum absolute atomic E-state index is 0.242. The molecule has 1 heteroatoms. The molecule has 1 aromatic carbocycles. The normalized spacial score (nSPS) is 17.2. The lowest BCUT2D eigenvalue weighted by Gasteiger charge is -2.26. The summed E-state index contributed by atoms with van der Waals surface area (Å²) in [6.07, 6.45) is 1.65. The number of Topliss-reactive ketones (excluding diaryl/α,β-unsaturated/α-hetero) is 1. The van der Waals surface area contributed by atoms with Crippen LogP contribution in [0.25, 0.3) is 0 Å². The number of ketones is 1. The van der Waals surface area contributed by atoms with Crippen molar-refractivity contribution in [2.75, 3.05) is 0 Å². The van der Waals surface area contributed by atoms with Crippen molar-refractivity contribution in [2.24, 2.45) is 5.41 Å². The summed E-state index contributed by atoms with van der Waals surface area (Å²) in [5.74, 6) is 0.242. The molecule has 0 fully saturated rings. The zero-order valence-electron chi connectivity index (χ0n) is 9.34. The van der Waals surface area contributed by atoms with Crippen LogP contribution in [-0.2, 0) is 17.6 Å². The Hall–Kier alpha value is -1.37. The summed E-state index contributed by atoms with van der Waals surface area (Å²) in [6, 6.07) is 8.30. The standard InChI is InChI=1S/C14H16O/c1-10(2)14(11(3)15)8-12-6-4-5-7-13(12)9-14/h4-7H,1,8-9H2,2-3H3. The van der Waals surface area contributed by atoms with Gasteiger partial charge in [0, 0.05) is 0 Å². The van der Waals surface area contributed by atoms with E-state index in [0.717, 1.165) is 18.4 Å². The van der Waals surface area contributed by atoms with Crippen LogP contribution >= 0.6 is 0 Å². The highest BCUT2D eigenvalue weighted by Gasteiger charge is 2.41. The molecule has 0 atom stereocenters. The molecule has 0 heterocycles. The fourth-order valence-corrected chi connectivity index (χ4v) is 2.47. The molecule has 0 amide bonds. The molecule has 1 nitrogen and oxygen atoms in total.